The summed E-state index contributed by atoms with van der Waals surface area (Å²) in [4.78, 5) is 8.00. The molecule has 9 rings (SSSR count). The van der Waals surface area contributed by atoms with E-state index in [-0.39, 0.29) is 1.43 Å². The van der Waals surface area contributed by atoms with E-state index in [1.807, 2.05) is 24.1 Å². The monoisotopic (exact) mass is 954 g/mol. The molecule has 0 amide bonds. The summed E-state index contributed by atoms with van der Waals surface area (Å²) in [6, 6.07) is 97.0. The molecule has 0 heterocycles. The molecular weight excluding hydrogens is 906 g/mol. The first-order valence-corrected chi connectivity index (χ1v) is 25.9. The van der Waals surface area contributed by atoms with Gasteiger partial charge < -0.3 is 6.22 Å². The van der Waals surface area contributed by atoms with Gasteiger partial charge in [0.2, 0.25) is 0 Å². The molecule has 0 saturated carbocycles. The first-order valence-electron chi connectivity index (χ1n) is 19.6. The fraction of sp³-hybridized carbons (Fsp3) is 0. The summed E-state index contributed by atoms with van der Waals surface area (Å²) in [7, 11) is 3.23. The van der Waals surface area contributed by atoms with E-state index in [4.69, 9.17) is 4.79 Å². The fourth-order valence-electron chi connectivity index (χ4n) is 6.54. The minimum atomic E-state index is -0.446. The number of rotatable bonds is 9. The molecule has 0 unspecified atom stereocenters. The Hall–Kier alpha value is -5.15. The van der Waals surface area contributed by atoms with Crippen molar-refractivity contribution in [1.29, 1.82) is 0 Å². The third-order valence-corrected chi connectivity index (χ3v) is 16.5. The van der Waals surface area contributed by atoms with Gasteiger partial charge in [0.15, 0.2) is 0 Å². The Morgan fingerprint density at radius 1 is 0.230 bits per heavy atom. The molecule has 9 aromatic rings. The van der Waals surface area contributed by atoms with Crippen LogP contribution in [0.2, 0.25) is 0 Å². The first kappa shape index (κ1) is 46.9. The summed E-state index contributed by atoms with van der Waals surface area (Å²) >= 11 is 1.82. The van der Waals surface area contributed by atoms with Crippen molar-refractivity contribution in [1.82, 2.24) is 0 Å². The zero-order valence-corrected chi connectivity index (χ0v) is 38.8. The number of carbonyl (C=O) groups is 1. The zero-order chi connectivity index (χ0) is 42.7. The number of carbonyl (C=O) groups excluding carboxylic acids is 1. The molecule has 0 saturated heterocycles. The van der Waals surface area contributed by atoms with Crippen molar-refractivity contribution >= 4 is 88.0 Å². The van der Waals surface area contributed by atoms with Crippen molar-refractivity contribution in [3.05, 3.63) is 273 Å². The van der Waals surface area contributed by atoms with Crippen LogP contribution in [0.1, 0.15) is 1.43 Å². The van der Waals surface area contributed by atoms with Crippen molar-refractivity contribution in [2.45, 2.75) is 0 Å². The SMILES string of the molecule is C=O.[Cl][Ru].[H-].c1ccc(P(c2ccccc2)c2ccccc2)cc1.c1ccc(P(c2ccccc2)c2ccccc2)cc1.c1ccc(P(c2ccccc2)c2ccccc2)cc1. The summed E-state index contributed by atoms with van der Waals surface area (Å²) < 4.78 is 0. The zero-order valence-electron chi connectivity index (χ0n) is 34.7. The normalized spacial score (nSPS) is 10.0. The van der Waals surface area contributed by atoms with E-state index in [9.17, 15) is 0 Å². The Morgan fingerprint density at radius 3 is 0.393 bits per heavy atom. The number of halogens is 1. The number of hydrogen-bond donors (Lipinski definition) is 0. The first-order chi connectivity index (χ1) is 30.3. The Labute approximate surface area is 382 Å². The van der Waals surface area contributed by atoms with Crippen molar-refractivity contribution in [2.24, 2.45) is 0 Å². The van der Waals surface area contributed by atoms with Crippen molar-refractivity contribution in [2.75, 3.05) is 0 Å². The summed E-state index contributed by atoms with van der Waals surface area (Å²) in [5.74, 6) is 0. The second-order valence-corrected chi connectivity index (χ2v) is 19.7. The Balaban J connectivity index is 0.000000195. The van der Waals surface area contributed by atoms with Crippen LogP contribution in [-0.4, -0.2) is 6.79 Å². The molecule has 6 heteroatoms. The standard InChI is InChI=1S/3C18H15P.CH2O.ClH.Ru.H/c3*1-4-10-16(11-5-1)19(17-12-6-2-7-13-17)18-14-8-3-9-15-18;1-2;;;/h3*1-15H;1H2;1H;;/q;;;;;+1;-1/p-1. The summed E-state index contributed by atoms with van der Waals surface area (Å²) in [6.45, 7) is 2.00. The second kappa shape index (κ2) is 27.6. The molecule has 9 aromatic carbocycles. The molecule has 0 N–H and O–H groups in total. The third kappa shape index (κ3) is 14.5. The Bertz CT molecular complexity index is 1900. The van der Waals surface area contributed by atoms with Gasteiger partial charge in [-0.15, -0.1) is 0 Å². The fourth-order valence-corrected chi connectivity index (χ4v) is 13.5. The number of benzene rings is 9. The van der Waals surface area contributed by atoms with E-state index < -0.39 is 23.8 Å². The Morgan fingerprint density at radius 2 is 0.311 bits per heavy atom. The third-order valence-electron chi connectivity index (χ3n) is 9.13. The van der Waals surface area contributed by atoms with Crippen molar-refractivity contribution in [3.8, 4) is 0 Å². The summed E-state index contributed by atoms with van der Waals surface area (Å²) in [6.07, 6.45) is 0. The van der Waals surface area contributed by atoms with Crippen LogP contribution in [0.3, 0.4) is 0 Å². The van der Waals surface area contributed by atoms with Gasteiger partial charge in [-0.3, -0.25) is 0 Å². The molecule has 0 fully saturated rings. The van der Waals surface area contributed by atoms with E-state index in [2.05, 4.69) is 283 Å². The molecule has 0 bridgehead atoms. The van der Waals surface area contributed by atoms with Gasteiger partial charge in [-0.2, -0.15) is 0 Å². The van der Waals surface area contributed by atoms with Gasteiger partial charge in [-0.1, -0.05) is 273 Å². The van der Waals surface area contributed by atoms with Crippen molar-refractivity contribution in [3.63, 3.8) is 0 Å². The number of hydrogen-bond acceptors (Lipinski definition) is 1. The molecule has 61 heavy (non-hydrogen) atoms. The van der Waals surface area contributed by atoms with E-state index in [1.54, 1.807) is 0 Å². The van der Waals surface area contributed by atoms with Crippen molar-refractivity contribution < 1.29 is 23.5 Å². The molecule has 0 radical (unpaired) electrons. The van der Waals surface area contributed by atoms with Gasteiger partial charge in [0.05, 0.1) is 0 Å². The van der Waals surface area contributed by atoms with Crippen LogP contribution in [0.15, 0.2) is 273 Å². The average molecular weight is 954 g/mol. The van der Waals surface area contributed by atoms with Crippen LogP contribution < -0.4 is 47.7 Å². The second-order valence-electron chi connectivity index (χ2n) is 13.0. The van der Waals surface area contributed by atoms with Crippen LogP contribution >= 0.6 is 33.5 Å². The van der Waals surface area contributed by atoms with E-state index in [0.717, 1.165) is 0 Å². The molecule has 0 aliphatic rings. The minimum Gasteiger partial charge on any atom is -1.00 e. The molecular formula is C55H48ClOP3Ru-. The molecule has 0 aromatic heterocycles. The molecule has 0 atom stereocenters. The smallest absolute Gasteiger partial charge is 0.0134 e. The van der Waals surface area contributed by atoms with E-state index in [1.165, 1.54) is 47.7 Å². The Kier molecular flexibility index (Phi) is 21.3. The molecule has 305 valence electrons. The maximum Gasteiger partial charge on any atom is -0.0134 e. The van der Waals surface area contributed by atoms with Crippen LogP contribution in [-0.2, 0) is 22.1 Å². The molecule has 0 aliphatic heterocycles. The predicted molar refractivity (Wildman–Crippen MR) is 270 cm³/mol. The van der Waals surface area contributed by atoms with Crippen LogP contribution in [0.5, 0.6) is 0 Å². The van der Waals surface area contributed by atoms with Gasteiger partial charge in [0.1, 0.15) is 6.79 Å². The van der Waals surface area contributed by atoms with Gasteiger partial charge >= 0.3 is 27.0 Å². The summed E-state index contributed by atoms with van der Waals surface area (Å²) in [5.41, 5.74) is 0. The molecule has 1 nitrogen and oxygen atoms in total. The van der Waals surface area contributed by atoms with E-state index in [0.29, 0.717) is 0 Å². The minimum absolute atomic E-state index is 0. The van der Waals surface area contributed by atoms with Gasteiger partial charge in [0.25, 0.3) is 0 Å². The van der Waals surface area contributed by atoms with Crippen LogP contribution in [0.4, 0.5) is 0 Å². The van der Waals surface area contributed by atoms with Gasteiger partial charge in [-0.05, 0) is 71.5 Å². The molecule has 0 spiro atoms. The average Bonchev–Trinajstić information content (AvgIpc) is 3.37. The topological polar surface area (TPSA) is 17.1 Å². The predicted octanol–water partition coefficient (Wildman–Crippen LogP) is 10.9. The quantitative estimate of drug-likeness (QED) is 0.104. The van der Waals surface area contributed by atoms with E-state index >= 15 is 0 Å². The largest absolute Gasteiger partial charge is 1.00 e. The van der Waals surface area contributed by atoms with Gasteiger partial charge in [-0.25, -0.2) is 0 Å². The van der Waals surface area contributed by atoms with Crippen LogP contribution in [0, 0.1) is 0 Å². The maximum atomic E-state index is 8.00. The maximum absolute atomic E-state index is 8.00. The summed E-state index contributed by atoms with van der Waals surface area (Å²) in [5, 5.41) is 12.6. The van der Waals surface area contributed by atoms with Crippen LogP contribution in [0.25, 0.3) is 0 Å². The van der Waals surface area contributed by atoms with Gasteiger partial charge in [0, 0.05) is 0 Å². The molecule has 0 aliphatic carbocycles.